The number of hydrogen-bond donors (Lipinski definition) is 1. The van der Waals surface area contributed by atoms with Crippen molar-refractivity contribution in [2.24, 2.45) is 0 Å². The molecule has 0 saturated heterocycles. The van der Waals surface area contributed by atoms with Crippen molar-refractivity contribution in [3.63, 3.8) is 0 Å². The fourth-order valence-electron chi connectivity index (χ4n) is 3.45. The Balaban J connectivity index is 1.76. The number of nitrogens with one attached hydrogen (secondary N) is 1. The second-order valence-electron chi connectivity index (χ2n) is 6.99. The van der Waals surface area contributed by atoms with Gasteiger partial charge in [-0.3, -0.25) is 0 Å². The summed E-state index contributed by atoms with van der Waals surface area (Å²) in [5.41, 5.74) is 1.15. The highest BCUT2D eigenvalue weighted by atomic mass is 16.6. The first kappa shape index (κ1) is 18.8. The fraction of sp³-hybridized carbons (Fsp3) is 0.667. The molecular formula is C21H33NO2. The van der Waals surface area contributed by atoms with E-state index in [4.69, 9.17) is 4.74 Å². The molecule has 1 fully saturated rings. The van der Waals surface area contributed by atoms with Gasteiger partial charge < -0.3 is 10.1 Å². The Bertz CT molecular complexity index is 480. The Labute approximate surface area is 147 Å². The van der Waals surface area contributed by atoms with Gasteiger partial charge in [-0.1, -0.05) is 76.5 Å². The molecule has 1 aliphatic carbocycles. The molecule has 3 heteroatoms. The molecule has 134 valence electrons. The van der Waals surface area contributed by atoms with Gasteiger partial charge in [0, 0.05) is 6.04 Å². The van der Waals surface area contributed by atoms with E-state index in [0.29, 0.717) is 0 Å². The minimum atomic E-state index is -0.294. The largest absolute Gasteiger partial charge is 0.412 e. The molecule has 1 aromatic carbocycles. The monoisotopic (exact) mass is 331 g/mol. The number of carbonyl (C=O) groups excluding carboxylic acids is 1. The topological polar surface area (TPSA) is 38.3 Å². The van der Waals surface area contributed by atoms with Crippen LogP contribution in [0, 0.1) is 0 Å². The van der Waals surface area contributed by atoms with Gasteiger partial charge in [0.25, 0.3) is 0 Å². The summed E-state index contributed by atoms with van der Waals surface area (Å²) < 4.78 is 5.59. The molecule has 1 N–H and O–H groups in total. The second-order valence-corrected chi connectivity index (χ2v) is 6.99. The predicted molar refractivity (Wildman–Crippen MR) is 99.6 cm³/mol. The molecule has 2 rings (SSSR count). The van der Waals surface area contributed by atoms with Gasteiger partial charge in [-0.2, -0.15) is 0 Å². The van der Waals surface area contributed by atoms with Crippen LogP contribution in [-0.4, -0.2) is 12.1 Å². The number of carbonyl (C=O) groups is 1. The minimum absolute atomic E-state index is 0.289. The molecule has 0 aromatic heterocycles. The van der Waals surface area contributed by atoms with E-state index in [2.05, 4.69) is 18.3 Å². The number of ether oxygens (including phenoxy) is 1. The number of benzene rings is 1. The van der Waals surface area contributed by atoms with Crippen molar-refractivity contribution in [1.29, 1.82) is 0 Å². The highest BCUT2D eigenvalue weighted by molar-refractivity contribution is 5.71. The maximum atomic E-state index is 12.1. The maximum absolute atomic E-state index is 12.1. The molecule has 1 saturated carbocycles. The van der Waals surface area contributed by atoms with Crippen LogP contribution in [0.4, 0.5) is 4.79 Å². The summed E-state index contributed by atoms with van der Waals surface area (Å²) in [5, 5.41) is 3.02. The first-order valence-electron chi connectivity index (χ1n) is 9.86. The van der Waals surface area contributed by atoms with Gasteiger partial charge in [0.05, 0.1) is 0 Å². The zero-order valence-corrected chi connectivity index (χ0v) is 15.2. The van der Waals surface area contributed by atoms with Crippen molar-refractivity contribution in [3.8, 4) is 5.75 Å². The van der Waals surface area contributed by atoms with Crippen LogP contribution < -0.4 is 10.1 Å². The van der Waals surface area contributed by atoms with E-state index in [-0.39, 0.29) is 12.1 Å². The van der Waals surface area contributed by atoms with E-state index in [1.165, 1.54) is 51.4 Å². The van der Waals surface area contributed by atoms with E-state index in [1.54, 1.807) is 0 Å². The third kappa shape index (κ3) is 6.94. The van der Waals surface area contributed by atoms with Gasteiger partial charge in [-0.05, 0) is 37.3 Å². The van der Waals surface area contributed by atoms with Crippen molar-refractivity contribution in [1.82, 2.24) is 5.32 Å². The Kier molecular flexibility index (Phi) is 8.72. The summed E-state index contributed by atoms with van der Waals surface area (Å²) in [6, 6.07) is 8.24. The van der Waals surface area contributed by atoms with Gasteiger partial charge in [0.1, 0.15) is 5.75 Å². The molecule has 0 atom stereocenters. The summed E-state index contributed by atoms with van der Waals surface area (Å²) in [5.74, 6) is 0.722. The van der Waals surface area contributed by atoms with Crippen molar-refractivity contribution >= 4 is 6.09 Å². The molecule has 0 heterocycles. The van der Waals surface area contributed by atoms with Gasteiger partial charge in [-0.25, -0.2) is 4.79 Å². The fourth-order valence-corrected chi connectivity index (χ4v) is 3.45. The van der Waals surface area contributed by atoms with Crippen molar-refractivity contribution < 1.29 is 9.53 Å². The quantitative estimate of drug-likeness (QED) is 0.563. The van der Waals surface area contributed by atoms with Crippen molar-refractivity contribution in [3.05, 3.63) is 29.8 Å². The number of unbranched alkanes of at least 4 members (excludes halogenated alkanes) is 5. The van der Waals surface area contributed by atoms with E-state index >= 15 is 0 Å². The van der Waals surface area contributed by atoms with Crippen LogP contribution >= 0.6 is 0 Å². The average Bonchev–Trinajstić information content (AvgIpc) is 2.60. The van der Waals surface area contributed by atoms with Gasteiger partial charge in [0.15, 0.2) is 0 Å². The SMILES string of the molecule is CCCCCCCCc1ccccc1OC(=O)NC1CCCCC1. The number of amides is 1. The average molecular weight is 332 g/mol. The lowest BCUT2D eigenvalue weighted by Gasteiger charge is -2.22. The van der Waals surface area contributed by atoms with Crippen LogP contribution in [0.15, 0.2) is 24.3 Å². The van der Waals surface area contributed by atoms with Gasteiger partial charge in [0.2, 0.25) is 0 Å². The molecule has 24 heavy (non-hydrogen) atoms. The molecule has 3 nitrogen and oxygen atoms in total. The molecule has 0 radical (unpaired) electrons. The Morgan fingerprint density at radius 3 is 2.54 bits per heavy atom. The smallest absolute Gasteiger partial charge is 0.410 e. The lowest BCUT2D eigenvalue weighted by atomic mass is 9.96. The summed E-state index contributed by atoms with van der Waals surface area (Å²) in [6.07, 6.45) is 14.2. The van der Waals surface area contributed by atoms with Gasteiger partial charge >= 0.3 is 6.09 Å². The Hall–Kier alpha value is -1.51. The van der Waals surface area contributed by atoms with Crippen molar-refractivity contribution in [2.75, 3.05) is 0 Å². The normalized spacial score (nSPS) is 15.2. The maximum Gasteiger partial charge on any atom is 0.412 e. The Morgan fingerprint density at radius 2 is 1.75 bits per heavy atom. The third-order valence-corrected chi connectivity index (χ3v) is 4.90. The van der Waals surface area contributed by atoms with Crippen LogP contribution in [0.3, 0.4) is 0 Å². The molecule has 1 aliphatic rings. The van der Waals surface area contributed by atoms with Crippen LogP contribution in [0.25, 0.3) is 0 Å². The van der Waals surface area contributed by atoms with Crippen molar-refractivity contribution in [2.45, 2.75) is 90.0 Å². The van der Waals surface area contributed by atoms with E-state index < -0.39 is 0 Å². The number of aryl methyl sites for hydroxylation is 1. The van der Waals surface area contributed by atoms with E-state index in [0.717, 1.165) is 37.0 Å². The Morgan fingerprint density at radius 1 is 1.04 bits per heavy atom. The number of hydrogen-bond acceptors (Lipinski definition) is 2. The summed E-state index contributed by atoms with van der Waals surface area (Å²) in [6.45, 7) is 2.24. The van der Waals surface area contributed by atoms with Gasteiger partial charge in [-0.15, -0.1) is 0 Å². The van der Waals surface area contributed by atoms with Crippen LogP contribution in [0.2, 0.25) is 0 Å². The molecule has 0 unspecified atom stereocenters. The molecule has 0 spiro atoms. The van der Waals surface area contributed by atoms with E-state index in [1.807, 2.05) is 18.2 Å². The number of para-hydroxylation sites is 1. The second kappa shape index (κ2) is 11.1. The van der Waals surface area contributed by atoms with E-state index in [9.17, 15) is 4.79 Å². The zero-order valence-electron chi connectivity index (χ0n) is 15.2. The lowest BCUT2D eigenvalue weighted by Crippen LogP contribution is -2.38. The summed E-state index contributed by atoms with van der Waals surface area (Å²) >= 11 is 0. The molecule has 0 bridgehead atoms. The molecule has 1 aromatic rings. The molecule has 1 amide bonds. The summed E-state index contributed by atoms with van der Waals surface area (Å²) in [4.78, 5) is 12.1. The molecular weight excluding hydrogens is 298 g/mol. The predicted octanol–water partition coefficient (Wildman–Crippen LogP) is 6.01. The molecule has 0 aliphatic heterocycles. The zero-order chi connectivity index (χ0) is 17.0. The first-order valence-corrected chi connectivity index (χ1v) is 9.86. The minimum Gasteiger partial charge on any atom is -0.410 e. The number of rotatable bonds is 9. The van der Waals surface area contributed by atoms with Crippen LogP contribution in [0.1, 0.15) is 83.1 Å². The van der Waals surface area contributed by atoms with Crippen LogP contribution in [0.5, 0.6) is 5.75 Å². The third-order valence-electron chi connectivity index (χ3n) is 4.90. The first-order chi connectivity index (χ1) is 11.8. The highest BCUT2D eigenvalue weighted by Crippen LogP contribution is 2.22. The lowest BCUT2D eigenvalue weighted by molar-refractivity contribution is 0.191. The highest BCUT2D eigenvalue weighted by Gasteiger charge is 2.17. The van der Waals surface area contributed by atoms with Crippen LogP contribution in [-0.2, 0) is 6.42 Å². The summed E-state index contributed by atoms with van der Waals surface area (Å²) in [7, 11) is 0. The standard InChI is InChI=1S/C21H33NO2/c1-2-3-4-5-6-8-13-18-14-11-12-17-20(18)24-21(23)22-19-15-9-7-10-16-19/h11-12,14,17,19H,2-10,13,15-16H2,1H3,(H,22,23).